The topological polar surface area (TPSA) is 49.8 Å². The average Bonchev–Trinajstić information content (AvgIpc) is 3.05. The zero-order valence-corrected chi connectivity index (χ0v) is 14.5. The van der Waals surface area contributed by atoms with Crippen molar-refractivity contribution < 1.29 is 14.6 Å². The van der Waals surface area contributed by atoms with Crippen LogP contribution in [0.25, 0.3) is 6.08 Å². The van der Waals surface area contributed by atoms with Crippen LogP contribution in [-0.2, 0) is 9.53 Å². The number of esters is 1. The SMILES string of the molecule is CC(C)(C)C1OC(=O)C2(C(O)/C=C/c3ccccc3)CSCN12. The van der Waals surface area contributed by atoms with Crippen LogP contribution in [0.5, 0.6) is 0 Å². The Morgan fingerprint density at radius 1 is 1.39 bits per heavy atom. The molecule has 23 heavy (non-hydrogen) atoms. The van der Waals surface area contributed by atoms with Gasteiger partial charge in [0.15, 0.2) is 11.8 Å². The molecule has 2 fully saturated rings. The van der Waals surface area contributed by atoms with E-state index in [9.17, 15) is 9.90 Å². The van der Waals surface area contributed by atoms with Crippen LogP contribution in [0.15, 0.2) is 36.4 Å². The maximum Gasteiger partial charge on any atom is 0.332 e. The number of cyclic esters (lactones) is 1. The first kappa shape index (κ1) is 16.6. The summed E-state index contributed by atoms with van der Waals surface area (Å²) in [7, 11) is 0. The molecule has 0 aliphatic carbocycles. The van der Waals surface area contributed by atoms with Crippen molar-refractivity contribution in [1.82, 2.24) is 4.90 Å². The predicted molar refractivity (Wildman–Crippen MR) is 92.7 cm³/mol. The molecular weight excluding hydrogens is 310 g/mol. The largest absolute Gasteiger partial charge is 0.444 e. The molecule has 1 N–H and O–H groups in total. The number of thioether (sulfide) groups is 1. The van der Waals surface area contributed by atoms with E-state index in [1.807, 2.05) is 41.3 Å². The van der Waals surface area contributed by atoms with Gasteiger partial charge in [0.05, 0.1) is 0 Å². The zero-order valence-electron chi connectivity index (χ0n) is 13.7. The molecule has 124 valence electrons. The summed E-state index contributed by atoms with van der Waals surface area (Å²) in [5.74, 6) is 0.940. The molecule has 0 bridgehead atoms. The minimum Gasteiger partial charge on any atom is -0.444 e. The van der Waals surface area contributed by atoms with Gasteiger partial charge in [-0.25, -0.2) is 9.69 Å². The Morgan fingerprint density at radius 3 is 2.74 bits per heavy atom. The first-order valence-corrected chi connectivity index (χ1v) is 8.98. The van der Waals surface area contributed by atoms with Crippen LogP contribution in [0.4, 0.5) is 0 Å². The molecule has 0 amide bonds. The lowest BCUT2D eigenvalue weighted by Crippen LogP contribution is -2.57. The van der Waals surface area contributed by atoms with Crippen LogP contribution in [-0.4, -0.2) is 45.5 Å². The monoisotopic (exact) mass is 333 g/mol. The third kappa shape index (κ3) is 2.82. The molecule has 2 aliphatic rings. The first-order valence-electron chi connectivity index (χ1n) is 7.82. The fourth-order valence-electron chi connectivity index (χ4n) is 3.16. The molecule has 4 nitrogen and oxygen atoms in total. The van der Waals surface area contributed by atoms with E-state index in [1.165, 1.54) is 0 Å². The van der Waals surface area contributed by atoms with E-state index in [2.05, 4.69) is 20.8 Å². The van der Waals surface area contributed by atoms with Gasteiger partial charge < -0.3 is 9.84 Å². The van der Waals surface area contributed by atoms with Gasteiger partial charge in [-0.05, 0) is 5.56 Å². The van der Waals surface area contributed by atoms with Gasteiger partial charge in [0.25, 0.3) is 0 Å². The van der Waals surface area contributed by atoms with Crippen molar-refractivity contribution >= 4 is 23.8 Å². The number of nitrogens with zero attached hydrogens (tertiary/aromatic N) is 1. The maximum absolute atomic E-state index is 12.6. The van der Waals surface area contributed by atoms with E-state index in [0.29, 0.717) is 11.6 Å². The lowest BCUT2D eigenvalue weighted by Gasteiger charge is -2.36. The standard InChI is InChI=1S/C18H23NO3S/c1-17(2,3)15-19-12-23-11-18(19,16(21)22-15)14(20)10-9-13-7-5-4-6-8-13/h4-10,14-15,20H,11-12H2,1-3H3/b10-9+. The number of benzene rings is 1. The number of rotatable bonds is 3. The highest BCUT2D eigenvalue weighted by molar-refractivity contribution is 7.99. The van der Waals surface area contributed by atoms with Crippen molar-refractivity contribution in [3.05, 3.63) is 42.0 Å². The number of ether oxygens (including phenoxy) is 1. The summed E-state index contributed by atoms with van der Waals surface area (Å²) in [6.07, 6.45) is 2.38. The second kappa shape index (κ2) is 5.96. The Morgan fingerprint density at radius 2 is 2.09 bits per heavy atom. The highest BCUT2D eigenvalue weighted by Gasteiger charge is 2.63. The van der Waals surface area contributed by atoms with Crippen LogP contribution in [0.3, 0.4) is 0 Å². The lowest BCUT2D eigenvalue weighted by molar-refractivity contribution is -0.150. The molecular formula is C18H23NO3S. The average molecular weight is 333 g/mol. The smallest absolute Gasteiger partial charge is 0.332 e. The van der Waals surface area contributed by atoms with Gasteiger partial charge in [-0.3, -0.25) is 0 Å². The molecule has 1 aromatic carbocycles. The molecule has 2 heterocycles. The van der Waals surface area contributed by atoms with Crippen molar-refractivity contribution in [3.63, 3.8) is 0 Å². The third-order valence-corrected chi connectivity index (χ3v) is 5.53. The molecule has 2 saturated heterocycles. The summed E-state index contributed by atoms with van der Waals surface area (Å²) in [4.78, 5) is 14.6. The Balaban J connectivity index is 1.87. The third-order valence-electron chi connectivity index (χ3n) is 4.42. The van der Waals surface area contributed by atoms with Crippen LogP contribution in [0, 0.1) is 5.41 Å². The van der Waals surface area contributed by atoms with Gasteiger partial charge in [-0.15, -0.1) is 11.8 Å². The number of fused-ring (bicyclic) bond motifs is 1. The zero-order chi connectivity index (χ0) is 16.7. The summed E-state index contributed by atoms with van der Waals surface area (Å²) in [5, 5.41) is 10.8. The Labute approximate surface area is 141 Å². The van der Waals surface area contributed by atoms with Crippen LogP contribution >= 0.6 is 11.8 Å². The molecule has 3 unspecified atom stereocenters. The number of hydrogen-bond acceptors (Lipinski definition) is 5. The van der Waals surface area contributed by atoms with Crippen molar-refractivity contribution in [2.75, 3.05) is 11.6 Å². The number of aliphatic hydroxyl groups excluding tert-OH is 1. The van der Waals surface area contributed by atoms with E-state index in [0.717, 1.165) is 5.56 Å². The number of carbonyl (C=O) groups excluding carboxylic acids is 1. The molecule has 3 atom stereocenters. The van der Waals surface area contributed by atoms with Crippen LogP contribution in [0.1, 0.15) is 26.3 Å². The summed E-state index contributed by atoms with van der Waals surface area (Å²) in [6.45, 7) is 6.16. The quantitative estimate of drug-likeness (QED) is 0.862. The molecule has 0 aromatic heterocycles. The van der Waals surface area contributed by atoms with Gasteiger partial charge in [0.2, 0.25) is 0 Å². The van der Waals surface area contributed by atoms with Crippen molar-refractivity contribution in [3.8, 4) is 0 Å². The predicted octanol–water partition coefficient (Wildman–Crippen LogP) is 2.73. The van der Waals surface area contributed by atoms with E-state index >= 15 is 0 Å². The second-order valence-corrected chi connectivity index (χ2v) is 8.17. The van der Waals surface area contributed by atoms with Gasteiger partial charge in [-0.2, -0.15) is 0 Å². The highest BCUT2D eigenvalue weighted by Crippen LogP contribution is 2.46. The van der Waals surface area contributed by atoms with E-state index in [-0.39, 0.29) is 17.6 Å². The normalized spacial score (nSPS) is 29.7. The first-order chi connectivity index (χ1) is 10.9. The molecule has 1 aromatic rings. The Bertz CT molecular complexity index is 610. The molecule has 3 rings (SSSR count). The summed E-state index contributed by atoms with van der Waals surface area (Å²) in [5.41, 5.74) is -0.155. The van der Waals surface area contributed by atoms with E-state index < -0.39 is 11.6 Å². The van der Waals surface area contributed by atoms with Gasteiger partial charge in [0, 0.05) is 17.0 Å². The van der Waals surface area contributed by atoms with Crippen molar-refractivity contribution in [2.45, 2.75) is 38.6 Å². The molecule has 0 spiro atoms. The van der Waals surface area contributed by atoms with Crippen molar-refractivity contribution in [1.29, 1.82) is 0 Å². The van der Waals surface area contributed by atoms with Crippen LogP contribution < -0.4 is 0 Å². The number of carbonyl (C=O) groups is 1. The second-order valence-electron chi connectivity index (χ2n) is 7.21. The summed E-state index contributed by atoms with van der Waals surface area (Å²) in [6, 6.07) is 9.77. The minimum absolute atomic E-state index is 0.189. The molecule has 5 heteroatoms. The van der Waals surface area contributed by atoms with E-state index in [1.54, 1.807) is 17.8 Å². The molecule has 2 aliphatic heterocycles. The summed E-state index contributed by atoms with van der Waals surface area (Å²) >= 11 is 1.67. The van der Waals surface area contributed by atoms with E-state index in [4.69, 9.17) is 4.74 Å². The Kier molecular flexibility index (Phi) is 4.29. The number of aliphatic hydroxyl groups is 1. The summed E-state index contributed by atoms with van der Waals surface area (Å²) < 4.78 is 5.65. The van der Waals surface area contributed by atoms with Gasteiger partial charge >= 0.3 is 5.97 Å². The number of hydrogen-bond donors (Lipinski definition) is 1. The lowest BCUT2D eigenvalue weighted by atomic mass is 9.89. The van der Waals surface area contributed by atoms with Gasteiger partial charge in [-0.1, -0.05) is 63.3 Å². The van der Waals surface area contributed by atoms with Gasteiger partial charge in [0.1, 0.15) is 6.10 Å². The minimum atomic E-state index is -0.964. The maximum atomic E-state index is 12.6. The fraction of sp³-hybridized carbons (Fsp3) is 0.500. The fourth-order valence-corrected chi connectivity index (χ4v) is 4.58. The van der Waals surface area contributed by atoms with Crippen molar-refractivity contribution in [2.24, 2.45) is 5.41 Å². The van der Waals surface area contributed by atoms with Crippen LogP contribution in [0.2, 0.25) is 0 Å². The highest BCUT2D eigenvalue weighted by atomic mass is 32.2. The molecule has 0 radical (unpaired) electrons. The molecule has 0 saturated carbocycles. The Hall–Kier alpha value is -1.30.